The van der Waals surface area contributed by atoms with Crippen molar-refractivity contribution in [1.29, 1.82) is 0 Å². The molecule has 0 bridgehead atoms. The number of aromatic nitrogens is 2. The van der Waals surface area contributed by atoms with E-state index >= 15 is 0 Å². The molecule has 1 aromatic heterocycles. The van der Waals surface area contributed by atoms with Crippen LogP contribution in [0.5, 0.6) is 0 Å². The molecule has 2 unspecified atom stereocenters. The summed E-state index contributed by atoms with van der Waals surface area (Å²) in [4.78, 5) is 4.84. The van der Waals surface area contributed by atoms with Gasteiger partial charge in [-0.2, -0.15) is 0 Å². The standard InChI is InChI=1S/C17H22N2/c1-4-14-5-7-15(8-6-14)16-11-19-13(3)9-12(2)10-17(19)18-16/h5-8,11-13H,4,9-10H2,1-3H3. The summed E-state index contributed by atoms with van der Waals surface area (Å²) in [5.74, 6) is 2.00. The molecule has 2 heterocycles. The molecule has 1 aromatic carbocycles. The molecular formula is C17H22N2. The molecule has 2 atom stereocenters. The zero-order valence-corrected chi connectivity index (χ0v) is 12.1. The van der Waals surface area contributed by atoms with Crippen LogP contribution in [0.15, 0.2) is 30.5 Å². The summed E-state index contributed by atoms with van der Waals surface area (Å²) in [5, 5.41) is 0. The van der Waals surface area contributed by atoms with Crippen molar-refractivity contribution in [1.82, 2.24) is 9.55 Å². The van der Waals surface area contributed by atoms with Gasteiger partial charge >= 0.3 is 0 Å². The highest BCUT2D eigenvalue weighted by atomic mass is 15.1. The molecule has 2 heteroatoms. The van der Waals surface area contributed by atoms with Gasteiger partial charge in [-0.1, -0.05) is 38.1 Å². The maximum Gasteiger partial charge on any atom is 0.109 e. The van der Waals surface area contributed by atoms with Gasteiger partial charge < -0.3 is 4.57 Å². The lowest BCUT2D eigenvalue weighted by molar-refractivity contribution is 0.343. The zero-order chi connectivity index (χ0) is 13.4. The van der Waals surface area contributed by atoms with E-state index in [1.807, 2.05) is 0 Å². The van der Waals surface area contributed by atoms with Crippen LogP contribution in [0.3, 0.4) is 0 Å². The number of benzene rings is 1. The number of fused-ring (bicyclic) bond motifs is 1. The van der Waals surface area contributed by atoms with Gasteiger partial charge in [-0.25, -0.2) is 4.98 Å². The minimum Gasteiger partial charge on any atom is -0.331 e. The summed E-state index contributed by atoms with van der Waals surface area (Å²) in [6, 6.07) is 9.39. The lowest BCUT2D eigenvalue weighted by atomic mass is 9.95. The summed E-state index contributed by atoms with van der Waals surface area (Å²) in [6.07, 6.45) is 5.69. The van der Waals surface area contributed by atoms with Crippen LogP contribution in [0.1, 0.15) is 44.6 Å². The van der Waals surface area contributed by atoms with Crippen LogP contribution in [-0.2, 0) is 12.8 Å². The van der Waals surface area contributed by atoms with E-state index in [2.05, 4.69) is 55.8 Å². The Balaban J connectivity index is 1.95. The normalized spacial score (nSPS) is 22.3. The monoisotopic (exact) mass is 254 g/mol. The Hall–Kier alpha value is -1.57. The number of rotatable bonds is 2. The molecule has 100 valence electrons. The van der Waals surface area contributed by atoms with Crippen molar-refractivity contribution >= 4 is 0 Å². The molecule has 1 aliphatic rings. The first kappa shape index (κ1) is 12.5. The second-order valence-electron chi connectivity index (χ2n) is 5.89. The summed E-state index contributed by atoms with van der Waals surface area (Å²) >= 11 is 0. The first-order valence-corrected chi connectivity index (χ1v) is 7.34. The van der Waals surface area contributed by atoms with Crippen LogP contribution in [0, 0.1) is 5.92 Å². The molecular weight excluding hydrogens is 232 g/mol. The SMILES string of the molecule is CCc1ccc(-c2cn3c(n2)CC(C)CC3C)cc1. The quantitative estimate of drug-likeness (QED) is 0.783. The predicted octanol–water partition coefficient (Wildman–Crippen LogP) is 4.26. The lowest BCUT2D eigenvalue weighted by Crippen LogP contribution is -2.20. The first-order valence-electron chi connectivity index (χ1n) is 7.34. The molecule has 19 heavy (non-hydrogen) atoms. The Kier molecular flexibility index (Phi) is 3.17. The van der Waals surface area contributed by atoms with Gasteiger partial charge in [0.2, 0.25) is 0 Å². The van der Waals surface area contributed by atoms with Gasteiger partial charge in [0.25, 0.3) is 0 Å². The maximum absolute atomic E-state index is 4.84. The van der Waals surface area contributed by atoms with Crippen molar-refractivity contribution in [2.45, 2.75) is 46.1 Å². The molecule has 2 nitrogen and oxygen atoms in total. The number of aryl methyl sites for hydroxylation is 1. The maximum atomic E-state index is 4.84. The summed E-state index contributed by atoms with van der Waals surface area (Å²) < 4.78 is 2.36. The fraction of sp³-hybridized carbons (Fsp3) is 0.471. The smallest absolute Gasteiger partial charge is 0.109 e. The van der Waals surface area contributed by atoms with E-state index in [0.29, 0.717) is 6.04 Å². The van der Waals surface area contributed by atoms with E-state index in [4.69, 9.17) is 4.98 Å². The van der Waals surface area contributed by atoms with Crippen molar-refractivity contribution in [3.05, 3.63) is 41.9 Å². The van der Waals surface area contributed by atoms with E-state index in [9.17, 15) is 0 Å². The lowest BCUT2D eigenvalue weighted by Gasteiger charge is -2.26. The zero-order valence-electron chi connectivity index (χ0n) is 12.1. The van der Waals surface area contributed by atoms with E-state index in [1.165, 1.54) is 23.4 Å². The molecule has 0 fully saturated rings. The van der Waals surface area contributed by atoms with Gasteiger partial charge in [-0.05, 0) is 31.2 Å². The number of hydrogen-bond acceptors (Lipinski definition) is 1. The molecule has 0 amide bonds. The molecule has 0 N–H and O–H groups in total. The molecule has 0 saturated carbocycles. The second kappa shape index (κ2) is 4.84. The van der Waals surface area contributed by atoms with Crippen LogP contribution in [0.25, 0.3) is 11.3 Å². The largest absolute Gasteiger partial charge is 0.331 e. The summed E-state index contributed by atoms with van der Waals surface area (Å²) in [6.45, 7) is 6.81. The van der Waals surface area contributed by atoms with Gasteiger partial charge in [0.1, 0.15) is 5.82 Å². The van der Waals surface area contributed by atoms with E-state index in [0.717, 1.165) is 24.5 Å². The van der Waals surface area contributed by atoms with Gasteiger partial charge in [0.05, 0.1) is 5.69 Å². The van der Waals surface area contributed by atoms with Crippen molar-refractivity contribution < 1.29 is 0 Å². The minimum atomic E-state index is 0.579. The third-order valence-electron chi connectivity index (χ3n) is 4.22. The van der Waals surface area contributed by atoms with Gasteiger partial charge in [0, 0.05) is 24.2 Å². The van der Waals surface area contributed by atoms with Crippen LogP contribution < -0.4 is 0 Å². The van der Waals surface area contributed by atoms with Crippen LogP contribution in [0.4, 0.5) is 0 Å². The highest BCUT2D eigenvalue weighted by Crippen LogP contribution is 2.31. The summed E-state index contributed by atoms with van der Waals surface area (Å²) in [7, 11) is 0. The Morgan fingerprint density at radius 2 is 1.95 bits per heavy atom. The second-order valence-corrected chi connectivity index (χ2v) is 5.89. The molecule has 0 radical (unpaired) electrons. The van der Waals surface area contributed by atoms with Crippen LogP contribution in [-0.4, -0.2) is 9.55 Å². The van der Waals surface area contributed by atoms with Gasteiger partial charge in [-0.3, -0.25) is 0 Å². The van der Waals surface area contributed by atoms with Crippen molar-refractivity contribution in [3.8, 4) is 11.3 Å². The van der Waals surface area contributed by atoms with E-state index < -0.39 is 0 Å². The Labute approximate surface area is 115 Å². The number of imidazole rings is 1. The highest BCUT2D eigenvalue weighted by Gasteiger charge is 2.23. The molecule has 0 spiro atoms. The Bertz CT molecular complexity index is 565. The van der Waals surface area contributed by atoms with E-state index in [1.54, 1.807) is 0 Å². The predicted molar refractivity (Wildman–Crippen MR) is 79.2 cm³/mol. The average molecular weight is 254 g/mol. The Morgan fingerprint density at radius 1 is 1.21 bits per heavy atom. The molecule has 0 aliphatic carbocycles. The molecule has 3 rings (SSSR count). The average Bonchev–Trinajstić information content (AvgIpc) is 2.83. The number of hydrogen-bond donors (Lipinski definition) is 0. The van der Waals surface area contributed by atoms with E-state index in [-0.39, 0.29) is 0 Å². The fourth-order valence-electron chi connectivity index (χ4n) is 3.11. The molecule has 1 aliphatic heterocycles. The highest BCUT2D eigenvalue weighted by molar-refractivity contribution is 5.59. The Morgan fingerprint density at radius 3 is 2.63 bits per heavy atom. The van der Waals surface area contributed by atoms with Crippen LogP contribution in [0.2, 0.25) is 0 Å². The molecule has 0 saturated heterocycles. The first-order chi connectivity index (χ1) is 9.17. The van der Waals surface area contributed by atoms with Crippen LogP contribution >= 0.6 is 0 Å². The summed E-state index contributed by atoms with van der Waals surface area (Å²) in [5.41, 5.74) is 3.74. The van der Waals surface area contributed by atoms with Crippen molar-refractivity contribution in [2.24, 2.45) is 5.92 Å². The topological polar surface area (TPSA) is 17.8 Å². The minimum absolute atomic E-state index is 0.579. The van der Waals surface area contributed by atoms with Crippen molar-refractivity contribution in [2.75, 3.05) is 0 Å². The number of nitrogens with zero attached hydrogens (tertiary/aromatic N) is 2. The third kappa shape index (κ3) is 2.32. The third-order valence-corrected chi connectivity index (χ3v) is 4.22. The van der Waals surface area contributed by atoms with Gasteiger partial charge in [0.15, 0.2) is 0 Å². The van der Waals surface area contributed by atoms with Crippen molar-refractivity contribution in [3.63, 3.8) is 0 Å². The molecule has 2 aromatic rings. The van der Waals surface area contributed by atoms with Gasteiger partial charge in [-0.15, -0.1) is 0 Å². The fourth-order valence-corrected chi connectivity index (χ4v) is 3.11.